The molecule has 1 rings (SSSR count). The van der Waals surface area contributed by atoms with Gasteiger partial charge in [0.1, 0.15) is 13.2 Å². The molecule has 1 aliphatic carbocycles. The first kappa shape index (κ1) is 21.7. The van der Waals surface area contributed by atoms with Crippen LogP contribution in [0.4, 0.5) is 0 Å². The molecular weight excluding hydrogens is 316 g/mol. The van der Waals surface area contributed by atoms with Crippen LogP contribution in [0.15, 0.2) is 11.6 Å². The molecule has 4 nitrogen and oxygen atoms in total. The van der Waals surface area contributed by atoms with Gasteiger partial charge >= 0.3 is 11.9 Å². The number of carbonyl (C=O) groups is 2. The second-order valence-corrected chi connectivity index (χ2v) is 7.67. The maximum absolute atomic E-state index is 12.0. The Hall–Kier alpha value is -1.32. The third-order valence-corrected chi connectivity index (χ3v) is 5.52. The van der Waals surface area contributed by atoms with Crippen LogP contribution in [-0.2, 0) is 19.1 Å². The molecule has 0 saturated carbocycles. The highest BCUT2D eigenvalue weighted by Gasteiger charge is 2.45. The smallest absolute Gasteiger partial charge is 0.305 e. The Bertz CT molecular complexity index is 443. The van der Waals surface area contributed by atoms with Gasteiger partial charge in [0.05, 0.1) is 0 Å². The van der Waals surface area contributed by atoms with Crippen LogP contribution in [0.3, 0.4) is 0 Å². The van der Waals surface area contributed by atoms with Gasteiger partial charge in [0.25, 0.3) is 0 Å². The van der Waals surface area contributed by atoms with Crippen molar-refractivity contribution in [3.05, 3.63) is 11.6 Å². The Kier molecular flexibility index (Phi) is 9.23. The normalized spacial score (nSPS) is 22.2. The molecule has 0 aromatic heterocycles. The van der Waals surface area contributed by atoms with Gasteiger partial charge in [0.15, 0.2) is 0 Å². The van der Waals surface area contributed by atoms with Gasteiger partial charge in [0.2, 0.25) is 0 Å². The fourth-order valence-corrected chi connectivity index (χ4v) is 3.60. The number of hydrogen-bond acceptors (Lipinski definition) is 4. The second kappa shape index (κ2) is 10.6. The molecule has 4 heteroatoms. The lowest BCUT2D eigenvalue weighted by atomic mass is 9.63. The average Bonchev–Trinajstić information content (AvgIpc) is 2.57. The summed E-state index contributed by atoms with van der Waals surface area (Å²) in [4.78, 5) is 24.0. The van der Waals surface area contributed by atoms with Crippen LogP contribution in [0.1, 0.15) is 79.6 Å². The van der Waals surface area contributed by atoms with Crippen LogP contribution in [0.5, 0.6) is 0 Å². The van der Waals surface area contributed by atoms with E-state index in [1.165, 1.54) is 5.57 Å². The zero-order chi connectivity index (χ0) is 18.9. The summed E-state index contributed by atoms with van der Waals surface area (Å²) in [5.74, 6) is 0.202. The first-order chi connectivity index (χ1) is 11.9. The molecule has 0 saturated heterocycles. The molecule has 0 aliphatic heterocycles. The Morgan fingerprint density at radius 3 is 1.92 bits per heavy atom. The van der Waals surface area contributed by atoms with Crippen molar-refractivity contribution >= 4 is 11.9 Å². The summed E-state index contributed by atoms with van der Waals surface area (Å²) >= 11 is 0. The van der Waals surface area contributed by atoms with Gasteiger partial charge in [-0.3, -0.25) is 9.59 Å². The van der Waals surface area contributed by atoms with Crippen LogP contribution in [0.25, 0.3) is 0 Å². The Labute approximate surface area is 153 Å². The van der Waals surface area contributed by atoms with Crippen LogP contribution >= 0.6 is 0 Å². The Balaban J connectivity index is 2.80. The summed E-state index contributed by atoms with van der Waals surface area (Å²) < 4.78 is 11.2. The van der Waals surface area contributed by atoms with Crippen molar-refractivity contribution in [3.63, 3.8) is 0 Å². The predicted octanol–water partition coefficient (Wildman–Crippen LogP) is 5.06. The first-order valence-corrected chi connectivity index (χ1v) is 9.84. The quantitative estimate of drug-likeness (QED) is 0.407. The van der Waals surface area contributed by atoms with Crippen molar-refractivity contribution in [1.29, 1.82) is 0 Å². The zero-order valence-electron chi connectivity index (χ0n) is 16.7. The predicted molar refractivity (Wildman–Crippen MR) is 100 cm³/mol. The minimum atomic E-state index is -0.330. The number of allylic oxidation sites excluding steroid dienone is 2. The third-order valence-electron chi connectivity index (χ3n) is 5.52. The molecule has 0 radical (unpaired) electrons. The standard InChI is InChI=1S/C21H36O4/c1-6-8-10-19(22)24-14-21(15-25-20(23)11-9-7-2)17(4)12-16(3)13-18(21)5/h12,17-18H,6-11,13-15H2,1-5H3/t17-,18+/m0/s1. The third kappa shape index (κ3) is 6.48. The van der Waals surface area contributed by atoms with E-state index in [0.29, 0.717) is 32.0 Å². The molecular formula is C21H36O4. The summed E-state index contributed by atoms with van der Waals surface area (Å²) in [5, 5.41) is 0. The molecule has 0 N–H and O–H groups in total. The molecule has 0 unspecified atom stereocenters. The van der Waals surface area contributed by atoms with Gasteiger partial charge < -0.3 is 9.47 Å². The minimum Gasteiger partial charge on any atom is -0.465 e. The maximum atomic E-state index is 12.0. The maximum Gasteiger partial charge on any atom is 0.305 e. The van der Waals surface area contributed by atoms with Crippen LogP contribution in [-0.4, -0.2) is 25.2 Å². The molecule has 0 aromatic rings. The molecule has 0 aromatic carbocycles. The van der Waals surface area contributed by atoms with Crippen LogP contribution < -0.4 is 0 Å². The van der Waals surface area contributed by atoms with E-state index in [4.69, 9.17) is 9.47 Å². The van der Waals surface area contributed by atoms with Gasteiger partial charge in [-0.1, -0.05) is 52.2 Å². The summed E-state index contributed by atoms with van der Waals surface area (Å²) in [6.07, 6.45) is 7.75. The van der Waals surface area contributed by atoms with Gasteiger partial charge in [0, 0.05) is 18.3 Å². The van der Waals surface area contributed by atoms with Crippen LogP contribution in [0.2, 0.25) is 0 Å². The second-order valence-electron chi connectivity index (χ2n) is 7.67. The summed E-state index contributed by atoms with van der Waals surface area (Å²) in [5.41, 5.74) is 1.02. The number of esters is 2. The van der Waals surface area contributed by atoms with E-state index in [0.717, 1.165) is 32.1 Å². The average molecular weight is 353 g/mol. The number of rotatable bonds is 10. The molecule has 0 bridgehead atoms. The van der Waals surface area contributed by atoms with E-state index in [1.54, 1.807) is 0 Å². The number of unbranched alkanes of at least 4 members (excludes halogenated alkanes) is 2. The molecule has 0 heterocycles. The van der Waals surface area contributed by atoms with Crippen LogP contribution in [0, 0.1) is 17.3 Å². The van der Waals surface area contributed by atoms with Crippen molar-refractivity contribution < 1.29 is 19.1 Å². The lowest BCUT2D eigenvalue weighted by molar-refractivity contribution is -0.160. The van der Waals surface area contributed by atoms with Crippen molar-refractivity contribution in [1.82, 2.24) is 0 Å². The van der Waals surface area contributed by atoms with Gasteiger partial charge in [-0.25, -0.2) is 0 Å². The molecule has 144 valence electrons. The van der Waals surface area contributed by atoms with Crippen molar-refractivity contribution in [2.24, 2.45) is 17.3 Å². The molecule has 0 spiro atoms. The molecule has 25 heavy (non-hydrogen) atoms. The van der Waals surface area contributed by atoms with Crippen molar-refractivity contribution in [3.8, 4) is 0 Å². The van der Waals surface area contributed by atoms with Crippen molar-refractivity contribution in [2.45, 2.75) is 79.6 Å². The highest BCUT2D eigenvalue weighted by molar-refractivity contribution is 5.70. The SMILES string of the molecule is CCCCC(=O)OCC1(COC(=O)CCCC)[C@H](C)CC(C)=C[C@@H]1C. The largest absolute Gasteiger partial charge is 0.465 e. The first-order valence-electron chi connectivity index (χ1n) is 9.84. The topological polar surface area (TPSA) is 52.6 Å². The number of hydrogen-bond donors (Lipinski definition) is 0. The summed E-state index contributed by atoms with van der Waals surface area (Å²) in [6.45, 7) is 11.2. The molecule has 2 atom stereocenters. The van der Waals surface area contributed by atoms with Crippen molar-refractivity contribution in [2.75, 3.05) is 13.2 Å². The highest BCUT2D eigenvalue weighted by Crippen LogP contribution is 2.45. The van der Waals surface area contributed by atoms with Gasteiger partial charge in [-0.05, 0) is 38.0 Å². The molecule has 0 amide bonds. The van der Waals surface area contributed by atoms with E-state index in [2.05, 4.69) is 40.7 Å². The fraction of sp³-hybridized carbons (Fsp3) is 0.810. The van der Waals surface area contributed by atoms with E-state index in [9.17, 15) is 9.59 Å². The van der Waals surface area contributed by atoms with Gasteiger partial charge in [-0.15, -0.1) is 0 Å². The molecule has 1 aliphatic rings. The monoisotopic (exact) mass is 352 g/mol. The Morgan fingerprint density at radius 1 is 1.04 bits per heavy atom. The van der Waals surface area contributed by atoms with E-state index >= 15 is 0 Å². The molecule has 0 fully saturated rings. The summed E-state index contributed by atoms with van der Waals surface area (Å²) in [7, 11) is 0. The van der Waals surface area contributed by atoms with E-state index in [-0.39, 0.29) is 23.3 Å². The minimum absolute atomic E-state index is 0.149. The number of carbonyl (C=O) groups excluding carboxylic acids is 2. The lowest BCUT2D eigenvalue weighted by Crippen LogP contribution is -2.46. The fourth-order valence-electron chi connectivity index (χ4n) is 3.60. The number of ether oxygens (including phenoxy) is 2. The summed E-state index contributed by atoms with van der Waals surface area (Å²) in [6, 6.07) is 0. The lowest BCUT2D eigenvalue weighted by Gasteiger charge is -2.45. The highest BCUT2D eigenvalue weighted by atomic mass is 16.5. The Morgan fingerprint density at radius 2 is 1.52 bits per heavy atom. The van der Waals surface area contributed by atoms with Gasteiger partial charge in [-0.2, -0.15) is 0 Å². The van der Waals surface area contributed by atoms with E-state index in [1.807, 2.05) is 0 Å². The zero-order valence-corrected chi connectivity index (χ0v) is 16.7. The van der Waals surface area contributed by atoms with E-state index < -0.39 is 0 Å².